The molecule has 2 rings (SSSR count). The van der Waals surface area contributed by atoms with E-state index in [0.717, 1.165) is 0 Å². The molecule has 1 fully saturated rings. The molecule has 0 aliphatic carbocycles. The van der Waals surface area contributed by atoms with Crippen molar-refractivity contribution in [1.29, 1.82) is 0 Å². The van der Waals surface area contributed by atoms with Gasteiger partial charge in [0, 0.05) is 17.3 Å². The zero-order valence-corrected chi connectivity index (χ0v) is 14.6. The number of carbonyl (C=O) groups excluding carboxylic acids is 3. The molecular weight excluding hydrogens is 336 g/mol. The number of Topliss-reactive ketones (excluding diaryl/α,β-unsaturated/α-hetero) is 1. The van der Waals surface area contributed by atoms with Gasteiger partial charge >= 0.3 is 5.97 Å². The van der Waals surface area contributed by atoms with Gasteiger partial charge in [-0.1, -0.05) is 0 Å². The molecule has 0 saturated carbocycles. The third-order valence-electron chi connectivity index (χ3n) is 3.93. The number of aromatic amines is 1. The molecule has 1 aliphatic heterocycles. The van der Waals surface area contributed by atoms with Crippen molar-refractivity contribution >= 4 is 27.5 Å². The second-order valence-corrected chi connectivity index (χ2v) is 8.15. The zero-order chi connectivity index (χ0) is 18.1. The minimum atomic E-state index is -3.09. The highest BCUT2D eigenvalue weighted by molar-refractivity contribution is 7.91. The lowest BCUT2D eigenvalue weighted by Crippen LogP contribution is -2.38. The van der Waals surface area contributed by atoms with Gasteiger partial charge in [0.25, 0.3) is 5.91 Å². The van der Waals surface area contributed by atoms with Gasteiger partial charge in [0.1, 0.15) is 5.69 Å². The largest absolute Gasteiger partial charge is 0.451 e. The Morgan fingerprint density at radius 3 is 2.46 bits per heavy atom. The van der Waals surface area contributed by atoms with E-state index in [1.165, 1.54) is 6.92 Å². The molecule has 1 amide bonds. The number of ketones is 1. The molecular formula is C15H20N2O6S. The number of carbonyl (C=O) groups is 3. The number of H-pyrrole nitrogens is 1. The average molecular weight is 356 g/mol. The van der Waals surface area contributed by atoms with Gasteiger partial charge in [0.05, 0.1) is 11.5 Å². The van der Waals surface area contributed by atoms with E-state index in [1.54, 1.807) is 13.8 Å². The lowest BCUT2D eigenvalue weighted by atomic mass is 10.1. The third kappa shape index (κ3) is 4.02. The maximum atomic E-state index is 12.1. The highest BCUT2D eigenvalue weighted by Crippen LogP contribution is 2.19. The van der Waals surface area contributed by atoms with Crippen LogP contribution in [0.1, 0.15) is 45.4 Å². The van der Waals surface area contributed by atoms with Gasteiger partial charge in [0.2, 0.25) is 0 Å². The summed E-state index contributed by atoms with van der Waals surface area (Å²) in [5, 5.41) is 2.53. The summed E-state index contributed by atoms with van der Waals surface area (Å²) < 4.78 is 27.6. The van der Waals surface area contributed by atoms with Gasteiger partial charge in [-0.05, 0) is 32.8 Å². The average Bonchev–Trinajstić information content (AvgIpc) is 2.95. The fraction of sp³-hybridized carbons (Fsp3) is 0.533. The fourth-order valence-electron chi connectivity index (χ4n) is 2.86. The van der Waals surface area contributed by atoms with Crippen LogP contribution in [0.4, 0.5) is 0 Å². The normalized spacial score (nSPS) is 19.0. The Bertz CT molecular complexity index is 793. The maximum Gasteiger partial charge on any atom is 0.355 e. The molecule has 0 spiro atoms. The quantitative estimate of drug-likeness (QED) is 0.578. The van der Waals surface area contributed by atoms with E-state index in [1.807, 2.05) is 0 Å². The van der Waals surface area contributed by atoms with E-state index in [9.17, 15) is 22.8 Å². The van der Waals surface area contributed by atoms with Crippen molar-refractivity contribution in [3.05, 3.63) is 22.5 Å². The number of esters is 1. The summed E-state index contributed by atoms with van der Waals surface area (Å²) in [5.41, 5.74) is 1.61. The monoisotopic (exact) mass is 356 g/mol. The molecule has 1 saturated heterocycles. The maximum absolute atomic E-state index is 12.1. The molecule has 1 aromatic rings. The SMILES string of the molecule is CC(=O)c1c(C)[nH]c(C(=O)OCC(=O)N[C@@H]2CCS(=O)(=O)C2)c1C. The summed E-state index contributed by atoms with van der Waals surface area (Å²) in [4.78, 5) is 38.2. The first-order chi connectivity index (χ1) is 11.1. The predicted molar refractivity (Wildman–Crippen MR) is 85.8 cm³/mol. The smallest absolute Gasteiger partial charge is 0.355 e. The Balaban J connectivity index is 1.93. The van der Waals surface area contributed by atoms with E-state index in [4.69, 9.17) is 4.74 Å². The summed E-state index contributed by atoms with van der Waals surface area (Å²) >= 11 is 0. The Labute approximate surface area is 139 Å². The van der Waals surface area contributed by atoms with Crippen molar-refractivity contribution in [3.8, 4) is 0 Å². The molecule has 1 atom stereocenters. The Morgan fingerprint density at radius 2 is 1.96 bits per heavy atom. The van der Waals surface area contributed by atoms with Gasteiger partial charge in [-0.3, -0.25) is 9.59 Å². The Hall–Kier alpha value is -2.16. The van der Waals surface area contributed by atoms with E-state index >= 15 is 0 Å². The highest BCUT2D eigenvalue weighted by Gasteiger charge is 2.29. The van der Waals surface area contributed by atoms with Gasteiger partial charge in [-0.2, -0.15) is 0 Å². The van der Waals surface area contributed by atoms with Crippen LogP contribution in [-0.2, 0) is 19.4 Å². The van der Waals surface area contributed by atoms with E-state index in [0.29, 0.717) is 23.2 Å². The predicted octanol–water partition coefficient (Wildman–Crippen LogP) is 0.294. The molecule has 9 heteroatoms. The van der Waals surface area contributed by atoms with Gasteiger partial charge < -0.3 is 15.0 Å². The van der Waals surface area contributed by atoms with Crippen molar-refractivity contribution in [2.75, 3.05) is 18.1 Å². The molecule has 2 N–H and O–H groups in total. The van der Waals surface area contributed by atoms with Crippen LogP contribution in [0.2, 0.25) is 0 Å². The van der Waals surface area contributed by atoms with Crippen LogP contribution in [0.5, 0.6) is 0 Å². The lowest BCUT2D eigenvalue weighted by Gasteiger charge is -2.11. The Kier molecular flexibility index (Phi) is 5.12. The minimum absolute atomic E-state index is 0.0481. The Morgan fingerprint density at radius 1 is 1.29 bits per heavy atom. The second kappa shape index (κ2) is 6.76. The molecule has 2 heterocycles. The summed E-state index contributed by atoms with van der Waals surface area (Å²) in [6.07, 6.45) is 0.360. The molecule has 8 nitrogen and oxygen atoms in total. The topological polar surface area (TPSA) is 122 Å². The third-order valence-corrected chi connectivity index (χ3v) is 5.69. The second-order valence-electron chi connectivity index (χ2n) is 5.92. The van der Waals surface area contributed by atoms with Crippen molar-refractivity contribution in [3.63, 3.8) is 0 Å². The number of aryl methyl sites for hydroxylation is 1. The summed E-state index contributed by atoms with van der Waals surface area (Å²) in [5.74, 6) is -1.51. The fourth-order valence-corrected chi connectivity index (χ4v) is 4.54. The summed E-state index contributed by atoms with van der Waals surface area (Å²) in [6.45, 7) is 4.19. The first-order valence-electron chi connectivity index (χ1n) is 7.47. The molecule has 1 aromatic heterocycles. The molecule has 1 aliphatic rings. The lowest BCUT2D eigenvalue weighted by molar-refractivity contribution is -0.124. The van der Waals surface area contributed by atoms with Crippen molar-refractivity contribution in [2.24, 2.45) is 0 Å². The molecule has 24 heavy (non-hydrogen) atoms. The van der Waals surface area contributed by atoms with Gasteiger partial charge in [-0.25, -0.2) is 13.2 Å². The van der Waals surface area contributed by atoms with Crippen LogP contribution in [0.25, 0.3) is 0 Å². The van der Waals surface area contributed by atoms with Crippen molar-refractivity contribution < 1.29 is 27.5 Å². The molecule has 0 radical (unpaired) electrons. The van der Waals surface area contributed by atoms with E-state index in [2.05, 4.69) is 10.3 Å². The van der Waals surface area contributed by atoms with Gasteiger partial charge in [0.15, 0.2) is 22.2 Å². The van der Waals surface area contributed by atoms with E-state index < -0.39 is 34.4 Å². The van der Waals surface area contributed by atoms with Crippen LogP contribution in [0.15, 0.2) is 0 Å². The number of aromatic nitrogens is 1. The summed E-state index contributed by atoms with van der Waals surface area (Å²) in [6, 6.07) is -0.444. The molecule has 132 valence electrons. The van der Waals surface area contributed by atoms with Crippen LogP contribution >= 0.6 is 0 Å². The van der Waals surface area contributed by atoms with Crippen LogP contribution in [0.3, 0.4) is 0 Å². The van der Waals surface area contributed by atoms with Crippen LogP contribution in [-0.4, -0.2) is 55.2 Å². The minimum Gasteiger partial charge on any atom is -0.451 e. The zero-order valence-electron chi connectivity index (χ0n) is 13.8. The number of hydrogen-bond donors (Lipinski definition) is 2. The standard InChI is InChI=1S/C15H20N2O6S/c1-8-13(10(3)18)9(2)16-14(8)15(20)23-6-12(19)17-11-4-5-24(21,22)7-11/h11,16H,4-7H2,1-3H3,(H,17,19)/t11-/m1/s1. The van der Waals surface area contributed by atoms with Crippen molar-refractivity contribution in [2.45, 2.75) is 33.2 Å². The first-order valence-corrected chi connectivity index (χ1v) is 9.30. The highest BCUT2D eigenvalue weighted by atomic mass is 32.2. The number of amides is 1. The van der Waals surface area contributed by atoms with E-state index in [-0.39, 0.29) is 23.0 Å². The van der Waals surface area contributed by atoms with Crippen LogP contribution in [0, 0.1) is 13.8 Å². The first kappa shape index (κ1) is 18.2. The number of hydrogen-bond acceptors (Lipinski definition) is 6. The number of ether oxygens (including phenoxy) is 1. The molecule has 0 bridgehead atoms. The van der Waals surface area contributed by atoms with Crippen molar-refractivity contribution in [1.82, 2.24) is 10.3 Å². The number of rotatable bonds is 5. The van der Waals surface area contributed by atoms with Gasteiger partial charge in [-0.15, -0.1) is 0 Å². The summed E-state index contributed by atoms with van der Waals surface area (Å²) in [7, 11) is -3.09. The molecule has 0 aromatic carbocycles. The number of nitrogens with one attached hydrogen (secondary N) is 2. The van der Waals surface area contributed by atoms with Crippen LogP contribution < -0.4 is 5.32 Å². The number of sulfone groups is 1. The molecule has 0 unspecified atom stereocenters.